The monoisotopic (exact) mass is 351 g/mol. The van der Waals surface area contributed by atoms with Crippen LogP contribution >= 0.6 is 0 Å². The molecule has 5 heteroatoms. The summed E-state index contributed by atoms with van der Waals surface area (Å²) in [5, 5.41) is 0. The molecule has 26 heavy (non-hydrogen) atoms. The first-order valence-corrected chi connectivity index (χ1v) is 7.96. The van der Waals surface area contributed by atoms with Gasteiger partial charge in [0, 0.05) is 16.7 Å². The standard InChI is InChI=1S/C21H18FNO3/c1-25-15-7-3-13(4-8-15)19-17(21(23)24)11-12-18(22)20(19)14-5-9-16(26-2)10-6-14/h3-12H,1-2H3,(H2,23,24). The summed E-state index contributed by atoms with van der Waals surface area (Å²) in [5.41, 5.74) is 7.85. The van der Waals surface area contributed by atoms with Gasteiger partial charge in [-0.05, 0) is 47.5 Å². The number of carbonyl (C=O) groups is 1. The highest BCUT2D eigenvalue weighted by Crippen LogP contribution is 2.38. The minimum Gasteiger partial charge on any atom is -0.497 e. The molecule has 0 aliphatic rings. The van der Waals surface area contributed by atoms with Gasteiger partial charge in [0.05, 0.1) is 14.2 Å². The number of primary amides is 1. The van der Waals surface area contributed by atoms with E-state index in [0.29, 0.717) is 33.8 Å². The molecule has 0 unspecified atom stereocenters. The second-order valence-electron chi connectivity index (χ2n) is 5.67. The molecule has 132 valence electrons. The number of rotatable bonds is 5. The number of halogens is 1. The molecule has 0 saturated carbocycles. The average Bonchev–Trinajstić information content (AvgIpc) is 2.67. The van der Waals surface area contributed by atoms with E-state index in [0.717, 1.165) is 0 Å². The van der Waals surface area contributed by atoms with Gasteiger partial charge in [0.2, 0.25) is 5.91 Å². The van der Waals surface area contributed by atoms with Crippen molar-refractivity contribution in [2.45, 2.75) is 0 Å². The van der Waals surface area contributed by atoms with Crippen molar-refractivity contribution in [3.63, 3.8) is 0 Å². The number of methoxy groups -OCH3 is 2. The molecule has 0 bridgehead atoms. The number of benzene rings is 3. The van der Waals surface area contributed by atoms with Crippen LogP contribution in [-0.2, 0) is 0 Å². The van der Waals surface area contributed by atoms with Crippen LogP contribution in [0.5, 0.6) is 11.5 Å². The topological polar surface area (TPSA) is 61.5 Å². The van der Waals surface area contributed by atoms with E-state index in [1.807, 2.05) is 0 Å². The first-order valence-electron chi connectivity index (χ1n) is 7.96. The Morgan fingerprint density at radius 2 is 1.23 bits per heavy atom. The maximum Gasteiger partial charge on any atom is 0.249 e. The number of amides is 1. The lowest BCUT2D eigenvalue weighted by Gasteiger charge is -2.16. The van der Waals surface area contributed by atoms with Crippen LogP contribution in [0.25, 0.3) is 22.3 Å². The molecule has 0 saturated heterocycles. The van der Waals surface area contributed by atoms with Gasteiger partial charge in [0.15, 0.2) is 0 Å². The Kier molecular flexibility index (Phi) is 4.89. The molecule has 0 aliphatic carbocycles. The lowest BCUT2D eigenvalue weighted by atomic mass is 9.89. The summed E-state index contributed by atoms with van der Waals surface area (Å²) in [7, 11) is 3.13. The molecule has 1 amide bonds. The summed E-state index contributed by atoms with van der Waals surface area (Å²) >= 11 is 0. The molecule has 0 radical (unpaired) electrons. The van der Waals surface area contributed by atoms with Gasteiger partial charge in [-0.3, -0.25) is 4.79 Å². The summed E-state index contributed by atoms with van der Waals surface area (Å²) < 4.78 is 25.1. The quantitative estimate of drug-likeness (QED) is 0.746. The fourth-order valence-electron chi connectivity index (χ4n) is 2.88. The smallest absolute Gasteiger partial charge is 0.249 e. The van der Waals surface area contributed by atoms with Crippen molar-refractivity contribution in [1.82, 2.24) is 0 Å². The van der Waals surface area contributed by atoms with Gasteiger partial charge in [-0.2, -0.15) is 0 Å². The van der Waals surface area contributed by atoms with Gasteiger partial charge < -0.3 is 15.2 Å². The normalized spacial score (nSPS) is 10.4. The van der Waals surface area contributed by atoms with E-state index in [-0.39, 0.29) is 5.56 Å². The van der Waals surface area contributed by atoms with Crippen LogP contribution in [0.4, 0.5) is 4.39 Å². The Labute approximate surface area is 151 Å². The molecule has 0 atom stereocenters. The molecule has 3 rings (SSSR count). The van der Waals surface area contributed by atoms with E-state index in [2.05, 4.69) is 0 Å². The van der Waals surface area contributed by atoms with Crippen molar-refractivity contribution < 1.29 is 18.7 Å². The fraction of sp³-hybridized carbons (Fsp3) is 0.0952. The van der Waals surface area contributed by atoms with E-state index >= 15 is 0 Å². The molecule has 3 aromatic rings. The first-order chi connectivity index (χ1) is 12.5. The number of ether oxygens (including phenoxy) is 2. The maximum absolute atomic E-state index is 14.8. The van der Waals surface area contributed by atoms with Crippen molar-refractivity contribution in [2.24, 2.45) is 5.73 Å². The number of hydrogen-bond acceptors (Lipinski definition) is 3. The predicted molar refractivity (Wildman–Crippen MR) is 98.9 cm³/mol. The van der Waals surface area contributed by atoms with E-state index in [1.54, 1.807) is 62.8 Å². The zero-order chi connectivity index (χ0) is 18.7. The van der Waals surface area contributed by atoms with Crippen molar-refractivity contribution in [3.8, 4) is 33.8 Å². The molecule has 2 N–H and O–H groups in total. The van der Waals surface area contributed by atoms with Crippen LogP contribution in [0.15, 0.2) is 60.7 Å². The minimum absolute atomic E-state index is 0.252. The Morgan fingerprint density at radius 1 is 0.769 bits per heavy atom. The highest BCUT2D eigenvalue weighted by atomic mass is 19.1. The van der Waals surface area contributed by atoms with Gasteiger partial charge in [0.25, 0.3) is 0 Å². The van der Waals surface area contributed by atoms with Gasteiger partial charge in [-0.15, -0.1) is 0 Å². The fourth-order valence-corrected chi connectivity index (χ4v) is 2.88. The van der Waals surface area contributed by atoms with Crippen LogP contribution in [0.2, 0.25) is 0 Å². The maximum atomic E-state index is 14.8. The van der Waals surface area contributed by atoms with E-state index < -0.39 is 11.7 Å². The number of hydrogen-bond donors (Lipinski definition) is 1. The molecule has 0 fully saturated rings. The van der Waals surface area contributed by atoms with E-state index in [4.69, 9.17) is 15.2 Å². The molecule has 4 nitrogen and oxygen atoms in total. The van der Waals surface area contributed by atoms with Crippen molar-refractivity contribution in [2.75, 3.05) is 14.2 Å². The van der Waals surface area contributed by atoms with Crippen LogP contribution < -0.4 is 15.2 Å². The summed E-state index contributed by atoms with van der Waals surface area (Å²) in [6, 6.07) is 16.7. The summed E-state index contributed by atoms with van der Waals surface area (Å²) in [6.07, 6.45) is 0. The lowest BCUT2D eigenvalue weighted by Crippen LogP contribution is -2.13. The van der Waals surface area contributed by atoms with Crippen molar-refractivity contribution in [1.29, 1.82) is 0 Å². The van der Waals surface area contributed by atoms with Crippen molar-refractivity contribution in [3.05, 3.63) is 72.0 Å². The van der Waals surface area contributed by atoms with Crippen LogP contribution in [0.1, 0.15) is 10.4 Å². The van der Waals surface area contributed by atoms with E-state index in [1.165, 1.54) is 12.1 Å². The zero-order valence-corrected chi connectivity index (χ0v) is 14.5. The highest BCUT2D eigenvalue weighted by molar-refractivity contribution is 6.04. The molecular weight excluding hydrogens is 333 g/mol. The Balaban J connectivity index is 2.27. The summed E-state index contributed by atoms with van der Waals surface area (Å²) in [4.78, 5) is 12.0. The van der Waals surface area contributed by atoms with E-state index in [9.17, 15) is 9.18 Å². The summed E-state index contributed by atoms with van der Waals surface area (Å²) in [5.74, 6) is 0.263. The van der Waals surface area contributed by atoms with Gasteiger partial charge >= 0.3 is 0 Å². The largest absolute Gasteiger partial charge is 0.497 e. The van der Waals surface area contributed by atoms with Gasteiger partial charge in [-0.1, -0.05) is 24.3 Å². The highest BCUT2D eigenvalue weighted by Gasteiger charge is 2.20. The average molecular weight is 351 g/mol. The minimum atomic E-state index is -0.620. The second-order valence-corrected chi connectivity index (χ2v) is 5.67. The van der Waals surface area contributed by atoms with Crippen LogP contribution in [0, 0.1) is 5.82 Å². The first kappa shape index (κ1) is 17.5. The summed E-state index contributed by atoms with van der Waals surface area (Å²) in [6.45, 7) is 0. The van der Waals surface area contributed by atoms with Gasteiger partial charge in [-0.25, -0.2) is 4.39 Å². The van der Waals surface area contributed by atoms with Gasteiger partial charge in [0.1, 0.15) is 17.3 Å². The molecule has 0 aliphatic heterocycles. The molecule has 0 spiro atoms. The lowest BCUT2D eigenvalue weighted by molar-refractivity contribution is 0.100. The molecule has 0 heterocycles. The third-order valence-electron chi connectivity index (χ3n) is 4.18. The number of nitrogens with two attached hydrogens (primary N) is 1. The molecule has 3 aromatic carbocycles. The van der Waals surface area contributed by atoms with Crippen LogP contribution in [-0.4, -0.2) is 20.1 Å². The molecular formula is C21H18FNO3. The zero-order valence-electron chi connectivity index (χ0n) is 14.5. The third-order valence-corrected chi connectivity index (χ3v) is 4.18. The Morgan fingerprint density at radius 3 is 1.65 bits per heavy atom. The predicted octanol–water partition coefficient (Wildman–Crippen LogP) is 4.28. The van der Waals surface area contributed by atoms with Crippen LogP contribution in [0.3, 0.4) is 0 Å². The number of carbonyl (C=O) groups excluding carboxylic acids is 1. The molecule has 0 aromatic heterocycles. The Hall–Kier alpha value is -3.34. The second kappa shape index (κ2) is 7.27. The Bertz CT molecular complexity index is 935. The van der Waals surface area contributed by atoms with Crippen molar-refractivity contribution >= 4 is 5.91 Å². The SMILES string of the molecule is COc1ccc(-c2c(F)ccc(C(N)=O)c2-c2ccc(OC)cc2)cc1. The third kappa shape index (κ3) is 3.24.